The first-order chi connectivity index (χ1) is 12.6. The number of likely N-dealkylation sites (N-methyl/N-ethyl adjacent to an activating group) is 1. The van der Waals surface area contributed by atoms with E-state index in [1.165, 1.54) is 0 Å². The minimum atomic E-state index is -0.917. The van der Waals surface area contributed by atoms with E-state index < -0.39 is 12.0 Å². The topological polar surface area (TPSA) is 80.7 Å². The molecule has 3 rings (SSSR count). The maximum absolute atomic E-state index is 11.8. The highest BCUT2D eigenvalue weighted by Crippen LogP contribution is 2.22. The van der Waals surface area contributed by atoms with Gasteiger partial charge in [0.25, 0.3) is 0 Å². The number of hydrogen-bond donors (Lipinski definition) is 1. The van der Waals surface area contributed by atoms with Crippen molar-refractivity contribution in [2.24, 2.45) is 0 Å². The number of carbonyl (C=O) groups is 1. The maximum Gasteiger partial charge on any atom is 0.325 e. The van der Waals surface area contributed by atoms with Crippen molar-refractivity contribution in [2.45, 2.75) is 19.1 Å². The van der Waals surface area contributed by atoms with Gasteiger partial charge in [-0.1, -0.05) is 12.1 Å². The molecular weight excluding hydrogens is 334 g/mol. The fourth-order valence-corrected chi connectivity index (χ4v) is 2.87. The number of ether oxygens (including phenoxy) is 1. The van der Waals surface area contributed by atoms with Crippen LogP contribution in [-0.4, -0.2) is 39.9 Å². The van der Waals surface area contributed by atoms with E-state index in [0.29, 0.717) is 18.7 Å². The van der Waals surface area contributed by atoms with Gasteiger partial charge in [0.1, 0.15) is 11.8 Å². The Morgan fingerprint density at radius 2 is 2.08 bits per heavy atom. The SMILES string of the molecule is COc1ccc(Cn2cc(C(C(=O)O)N(C)Cc3ccoc3)cn2)cc1. The van der Waals surface area contributed by atoms with Crippen molar-refractivity contribution in [3.63, 3.8) is 0 Å². The molecule has 1 N–H and O–H groups in total. The second kappa shape index (κ2) is 7.88. The van der Waals surface area contributed by atoms with Crippen molar-refractivity contribution < 1.29 is 19.1 Å². The molecule has 1 atom stereocenters. The van der Waals surface area contributed by atoms with Gasteiger partial charge < -0.3 is 14.3 Å². The first kappa shape index (κ1) is 17.8. The Labute approximate surface area is 151 Å². The molecule has 0 aliphatic rings. The molecule has 0 aliphatic heterocycles. The lowest BCUT2D eigenvalue weighted by Gasteiger charge is -2.23. The molecule has 3 aromatic rings. The van der Waals surface area contributed by atoms with Crippen molar-refractivity contribution in [2.75, 3.05) is 14.2 Å². The van der Waals surface area contributed by atoms with Crippen LogP contribution >= 0.6 is 0 Å². The van der Waals surface area contributed by atoms with Gasteiger partial charge in [-0.15, -0.1) is 0 Å². The minimum absolute atomic E-state index is 0.469. The van der Waals surface area contributed by atoms with E-state index in [0.717, 1.165) is 16.9 Å². The molecule has 7 heteroatoms. The number of furan rings is 1. The molecule has 1 aromatic carbocycles. The second-order valence-corrected chi connectivity index (χ2v) is 6.11. The molecule has 0 saturated heterocycles. The molecule has 2 aromatic heterocycles. The first-order valence-electron chi connectivity index (χ1n) is 8.16. The number of methoxy groups -OCH3 is 1. The number of benzene rings is 1. The Morgan fingerprint density at radius 3 is 2.69 bits per heavy atom. The molecule has 26 heavy (non-hydrogen) atoms. The average molecular weight is 355 g/mol. The number of aliphatic carboxylic acids is 1. The molecule has 0 bridgehead atoms. The molecule has 7 nitrogen and oxygen atoms in total. The fraction of sp³-hybridized carbons (Fsp3) is 0.263. The van der Waals surface area contributed by atoms with Crippen LogP contribution < -0.4 is 4.74 Å². The van der Waals surface area contributed by atoms with Crippen LogP contribution in [0.2, 0.25) is 0 Å². The maximum atomic E-state index is 11.8. The summed E-state index contributed by atoms with van der Waals surface area (Å²) in [5.74, 6) is -0.123. The lowest BCUT2D eigenvalue weighted by atomic mass is 10.1. The Bertz CT molecular complexity index is 840. The van der Waals surface area contributed by atoms with Gasteiger partial charge in [0.15, 0.2) is 0 Å². The highest BCUT2D eigenvalue weighted by Gasteiger charge is 2.26. The third-order valence-electron chi connectivity index (χ3n) is 4.16. The van der Waals surface area contributed by atoms with Crippen molar-refractivity contribution >= 4 is 5.97 Å². The summed E-state index contributed by atoms with van der Waals surface area (Å²) in [5.41, 5.74) is 2.61. The van der Waals surface area contributed by atoms with Crippen LogP contribution in [0.1, 0.15) is 22.7 Å². The molecule has 136 valence electrons. The van der Waals surface area contributed by atoms with E-state index >= 15 is 0 Å². The summed E-state index contributed by atoms with van der Waals surface area (Å²) in [6.07, 6.45) is 6.57. The van der Waals surface area contributed by atoms with Gasteiger partial charge in [0.2, 0.25) is 0 Å². The van der Waals surface area contributed by atoms with Crippen molar-refractivity contribution in [3.8, 4) is 5.75 Å². The quantitative estimate of drug-likeness (QED) is 0.669. The number of carboxylic acids is 1. The largest absolute Gasteiger partial charge is 0.497 e. The van der Waals surface area contributed by atoms with E-state index in [9.17, 15) is 9.90 Å². The molecule has 0 spiro atoms. The van der Waals surface area contributed by atoms with Gasteiger partial charge in [-0.2, -0.15) is 5.10 Å². The van der Waals surface area contributed by atoms with Gasteiger partial charge in [-0.05, 0) is 30.8 Å². The lowest BCUT2D eigenvalue weighted by Crippen LogP contribution is -2.30. The Balaban J connectivity index is 1.73. The summed E-state index contributed by atoms with van der Waals surface area (Å²) < 4.78 is 11.9. The van der Waals surface area contributed by atoms with Gasteiger partial charge in [0, 0.05) is 23.9 Å². The Kier molecular flexibility index (Phi) is 5.38. The van der Waals surface area contributed by atoms with Crippen molar-refractivity contribution in [3.05, 3.63) is 71.9 Å². The third-order valence-corrected chi connectivity index (χ3v) is 4.16. The predicted octanol–water partition coefficient (Wildman–Crippen LogP) is 2.79. The number of rotatable bonds is 8. The normalized spacial score (nSPS) is 12.3. The highest BCUT2D eigenvalue weighted by molar-refractivity contribution is 5.75. The van der Waals surface area contributed by atoms with Gasteiger partial charge >= 0.3 is 5.97 Å². The van der Waals surface area contributed by atoms with Crippen LogP contribution in [0.25, 0.3) is 0 Å². The molecule has 1 unspecified atom stereocenters. The van der Waals surface area contributed by atoms with E-state index in [2.05, 4.69) is 5.10 Å². The number of aromatic nitrogens is 2. The Hall–Kier alpha value is -3.06. The monoisotopic (exact) mass is 355 g/mol. The minimum Gasteiger partial charge on any atom is -0.497 e. The summed E-state index contributed by atoms with van der Waals surface area (Å²) in [5, 5.41) is 14.0. The summed E-state index contributed by atoms with van der Waals surface area (Å²) >= 11 is 0. The first-order valence-corrected chi connectivity index (χ1v) is 8.16. The van der Waals surface area contributed by atoms with Crippen LogP contribution in [-0.2, 0) is 17.9 Å². The molecule has 0 fully saturated rings. The highest BCUT2D eigenvalue weighted by atomic mass is 16.5. The molecule has 2 heterocycles. The summed E-state index contributed by atoms with van der Waals surface area (Å²) in [6, 6.07) is 8.73. The smallest absolute Gasteiger partial charge is 0.325 e. The zero-order valence-electron chi connectivity index (χ0n) is 14.7. The lowest BCUT2D eigenvalue weighted by molar-refractivity contribution is -0.143. The number of nitrogens with zero attached hydrogens (tertiary/aromatic N) is 3. The second-order valence-electron chi connectivity index (χ2n) is 6.11. The van der Waals surface area contributed by atoms with E-state index in [1.54, 1.807) is 48.7 Å². The van der Waals surface area contributed by atoms with Gasteiger partial charge in [0.05, 0.1) is 32.4 Å². The third kappa shape index (κ3) is 4.12. The van der Waals surface area contributed by atoms with Gasteiger partial charge in [-0.3, -0.25) is 14.4 Å². The summed E-state index contributed by atoms with van der Waals surface area (Å²) in [4.78, 5) is 13.5. The molecule has 0 saturated carbocycles. The average Bonchev–Trinajstić information content (AvgIpc) is 3.28. The zero-order chi connectivity index (χ0) is 18.5. The summed E-state index contributed by atoms with van der Waals surface area (Å²) in [6.45, 7) is 1.03. The zero-order valence-corrected chi connectivity index (χ0v) is 14.7. The summed E-state index contributed by atoms with van der Waals surface area (Å²) in [7, 11) is 3.40. The number of hydrogen-bond acceptors (Lipinski definition) is 5. The molecule has 0 radical (unpaired) electrons. The van der Waals surface area contributed by atoms with Gasteiger partial charge in [-0.25, -0.2) is 0 Å². The number of carboxylic acid groups (broad SMARTS) is 1. The standard InChI is InChI=1S/C19H21N3O4/c1-21(10-15-7-8-26-13-15)18(19(23)24)16-9-20-22(12-16)11-14-3-5-17(25-2)6-4-14/h3-9,12-13,18H,10-11H2,1-2H3,(H,23,24). The van der Waals surface area contributed by atoms with Crippen molar-refractivity contribution in [1.29, 1.82) is 0 Å². The van der Waals surface area contributed by atoms with E-state index in [1.807, 2.05) is 30.3 Å². The Morgan fingerprint density at radius 1 is 1.31 bits per heavy atom. The van der Waals surface area contributed by atoms with Crippen molar-refractivity contribution in [1.82, 2.24) is 14.7 Å². The predicted molar refractivity (Wildman–Crippen MR) is 94.9 cm³/mol. The van der Waals surface area contributed by atoms with Crippen LogP contribution in [0, 0.1) is 0 Å². The fourth-order valence-electron chi connectivity index (χ4n) is 2.87. The van der Waals surface area contributed by atoms with Crippen LogP contribution in [0.15, 0.2) is 59.7 Å². The van der Waals surface area contributed by atoms with E-state index in [-0.39, 0.29) is 0 Å². The molecule has 0 aliphatic carbocycles. The van der Waals surface area contributed by atoms with E-state index in [4.69, 9.17) is 9.15 Å². The van der Waals surface area contributed by atoms with Crippen LogP contribution in [0.4, 0.5) is 0 Å². The molecular formula is C19H21N3O4. The van der Waals surface area contributed by atoms with Crippen LogP contribution in [0.3, 0.4) is 0 Å². The molecule has 0 amide bonds. The van der Waals surface area contributed by atoms with Crippen LogP contribution in [0.5, 0.6) is 5.75 Å².